The van der Waals surface area contributed by atoms with E-state index >= 15 is 0 Å². The van der Waals surface area contributed by atoms with E-state index in [1.54, 1.807) is 25.4 Å². The van der Waals surface area contributed by atoms with Crippen LogP contribution in [-0.4, -0.2) is 39.5 Å². The number of aliphatic hydroxyl groups is 1. The average Bonchev–Trinajstić information content (AvgIpc) is 2.28. The molecule has 0 spiro atoms. The summed E-state index contributed by atoms with van der Waals surface area (Å²) in [5, 5.41) is 10.1. The molecule has 0 saturated carbocycles. The van der Waals surface area contributed by atoms with Crippen LogP contribution in [0.4, 0.5) is 0 Å². The van der Waals surface area contributed by atoms with Crippen molar-refractivity contribution in [2.24, 2.45) is 0 Å². The first-order chi connectivity index (χ1) is 7.72. The van der Waals surface area contributed by atoms with E-state index in [2.05, 4.69) is 9.97 Å². The summed E-state index contributed by atoms with van der Waals surface area (Å²) in [5.74, 6) is -0.00684. The van der Waals surface area contributed by atoms with Gasteiger partial charge in [0.2, 0.25) is 0 Å². The van der Waals surface area contributed by atoms with Crippen LogP contribution in [0, 0.1) is 0 Å². The van der Waals surface area contributed by atoms with Gasteiger partial charge in [0.25, 0.3) is 0 Å². The van der Waals surface area contributed by atoms with Crippen molar-refractivity contribution in [1.82, 2.24) is 9.97 Å². The van der Waals surface area contributed by atoms with Crippen molar-refractivity contribution in [2.45, 2.75) is 24.6 Å². The maximum atomic E-state index is 11.0. The fraction of sp³-hybridized carbons (Fsp3) is 0.500. The van der Waals surface area contributed by atoms with Crippen molar-refractivity contribution in [1.29, 1.82) is 0 Å². The standard InChI is InChI=1S/C10H14N2O3S/c1-2-15-9(14)6-8(13)7-16-10-11-4-3-5-12-10/h3-5,8,13H,2,6-7H2,1H3. The minimum absolute atomic E-state index is 0.00761. The first kappa shape index (κ1) is 12.9. The van der Waals surface area contributed by atoms with Crippen LogP contribution < -0.4 is 0 Å². The van der Waals surface area contributed by atoms with E-state index in [9.17, 15) is 9.90 Å². The van der Waals surface area contributed by atoms with Gasteiger partial charge in [0.15, 0.2) is 5.16 Å². The maximum absolute atomic E-state index is 11.0. The van der Waals surface area contributed by atoms with Crippen LogP contribution in [-0.2, 0) is 9.53 Å². The van der Waals surface area contributed by atoms with Crippen LogP contribution in [0.3, 0.4) is 0 Å². The highest BCUT2D eigenvalue weighted by Crippen LogP contribution is 2.13. The lowest BCUT2D eigenvalue weighted by Gasteiger charge is -2.08. The number of nitrogens with zero attached hydrogens (tertiary/aromatic N) is 2. The molecule has 0 radical (unpaired) electrons. The van der Waals surface area contributed by atoms with Crippen molar-refractivity contribution < 1.29 is 14.6 Å². The highest BCUT2D eigenvalue weighted by Gasteiger charge is 2.12. The molecule has 0 fully saturated rings. The molecule has 1 aromatic heterocycles. The fourth-order valence-electron chi connectivity index (χ4n) is 1.00. The number of hydrogen-bond donors (Lipinski definition) is 1. The number of carbonyl (C=O) groups excluding carboxylic acids is 1. The zero-order valence-corrected chi connectivity index (χ0v) is 9.81. The minimum atomic E-state index is -0.729. The zero-order chi connectivity index (χ0) is 11.8. The molecular weight excluding hydrogens is 228 g/mol. The van der Waals surface area contributed by atoms with Gasteiger partial charge in [-0.05, 0) is 13.0 Å². The van der Waals surface area contributed by atoms with Crippen molar-refractivity contribution >= 4 is 17.7 Å². The third-order valence-corrected chi connectivity index (χ3v) is 2.67. The van der Waals surface area contributed by atoms with Gasteiger partial charge in [-0.2, -0.15) is 0 Å². The number of rotatable bonds is 6. The lowest BCUT2D eigenvalue weighted by atomic mass is 10.3. The van der Waals surface area contributed by atoms with E-state index < -0.39 is 6.10 Å². The van der Waals surface area contributed by atoms with Crippen LogP contribution in [0.2, 0.25) is 0 Å². The number of hydrogen-bond acceptors (Lipinski definition) is 6. The number of esters is 1. The Bertz CT molecular complexity index is 321. The van der Waals surface area contributed by atoms with Crippen LogP contribution >= 0.6 is 11.8 Å². The maximum Gasteiger partial charge on any atom is 0.308 e. The molecule has 1 N–H and O–H groups in total. The van der Waals surface area contributed by atoms with Gasteiger partial charge in [-0.3, -0.25) is 4.79 Å². The Labute approximate surface area is 98.3 Å². The van der Waals surface area contributed by atoms with Gasteiger partial charge in [-0.1, -0.05) is 11.8 Å². The molecule has 0 amide bonds. The molecule has 1 heterocycles. The summed E-state index contributed by atoms with van der Waals surface area (Å²) in [5.41, 5.74) is 0. The van der Waals surface area contributed by atoms with Crippen LogP contribution in [0.1, 0.15) is 13.3 Å². The Kier molecular flexibility index (Phi) is 5.81. The first-order valence-electron chi connectivity index (χ1n) is 4.96. The molecule has 0 aliphatic rings. The Morgan fingerprint density at radius 3 is 2.88 bits per heavy atom. The summed E-state index contributed by atoms with van der Waals surface area (Å²) in [6.07, 6.45) is 2.54. The van der Waals surface area contributed by atoms with Crippen molar-refractivity contribution in [3.8, 4) is 0 Å². The molecule has 88 valence electrons. The molecule has 5 nitrogen and oxygen atoms in total. The normalized spacial score (nSPS) is 12.1. The van der Waals surface area contributed by atoms with Crippen LogP contribution in [0.15, 0.2) is 23.6 Å². The number of thioether (sulfide) groups is 1. The lowest BCUT2D eigenvalue weighted by Crippen LogP contribution is -2.18. The summed E-state index contributed by atoms with van der Waals surface area (Å²) in [7, 11) is 0. The summed E-state index contributed by atoms with van der Waals surface area (Å²) < 4.78 is 4.73. The molecule has 1 atom stereocenters. The third kappa shape index (κ3) is 5.09. The van der Waals surface area contributed by atoms with Crippen molar-refractivity contribution in [3.05, 3.63) is 18.5 Å². The second-order valence-electron chi connectivity index (χ2n) is 3.01. The number of carbonyl (C=O) groups is 1. The summed E-state index contributed by atoms with van der Waals surface area (Å²) in [6, 6.07) is 1.72. The van der Waals surface area contributed by atoms with E-state index in [-0.39, 0.29) is 12.4 Å². The van der Waals surface area contributed by atoms with Gasteiger partial charge in [0, 0.05) is 18.1 Å². The van der Waals surface area contributed by atoms with E-state index in [4.69, 9.17) is 4.74 Å². The van der Waals surface area contributed by atoms with Gasteiger partial charge >= 0.3 is 5.97 Å². The second kappa shape index (κ2) is 7.19. The molecule has 0 aromatic carbocycles. The summed E-state index contributed by atoms with van der Waals surface area (Å²) in [4.78, 5) is 19.0. The molecule has 16 heavy (non-hydrogen) atoms. The van der Waals surface area contributed by atoms with E-state index in [1.165, 1.54) is 11.8 Å². The quantitative estimate of drug-likeness (QED) is 0.453. The van der Waals surface area contributed by atoms with Gasteiger partial charge in [-0.25, -0.2) is 9.97 Å². The highest BCUT2D eigenvalue weighted by atomic mass is 32.2. The van der Waals surface area contributed by atoms with Crippen molar-refractivity contribution in [2.75, 3.05) is 12.4 Å². The van der Waals surface area contributed by atoms with Crippen LogP contribution in [0.5, 0.6) is 0 Å². The molecule has 6 heteroatoms. The molecule has 0 bridgehead atoms. The van der Waals surface area contributed by atoms with E-state index in [0.29, 0.717) is 17.5 Å². The monoisotopic (exact) mass is 242 g/mol. The summed E-state index contributed by atoms with van der Waals surface area (Å²) in [6.45, 7) is 2.07. The molecule has 1 aromatic rings. The Balaban J connectivity index is 2.25. The second-order valence-corrected chi connectivity index (χ2v) is 3.99. The molecular formula is C10H14N2O3S. The molecule has 0 aliphatic carbocycles. The Morgan fingerprint density at radius 1 is 1.56 bits per heavy atom. The Morgan fingerprint density at radius 2 is 2.25 bits per heavy atom. The largest absolute Gasteiger partial charge is 0.466 e. The van der Waals surface area contributed by atoms with E-state index in [1.807, 2.05) is 0 Å². The van der Waals surface area contributed by atoms with Gasteiger partial charge < -0.3 is 9.84 Å². The highest BCUT2D eigenvalue weighted by molar-refractivity contribution is 7.99. The van der Waals surface area contributed by atoms with Crippen molar-refractivity contribution in [3.63, 3.8) is 0 Å². The SMILES string of the molecule is CCOC(=O)CC(O)CSc1ncccn1. The van der Waals surface area contributed by atoms with Gasteiger partial charge in [0.1, 0.15) is 0 Å². The molecule has 0 aliphatic heterocycles. The molecule has 1 rings (SSSR count). The van der Waals surface area contributed by atoms with E-state index in [0.717, 1.165) is 0 Å². The summed E-state index contributed by atoms with van der Waals surface area (Å²) >= 11 is 1.31. The molecule has 1 unspecified atom stereocenters. The first-order valence-corrected chi connectivity index (χ1v) is 5.94. The van der Waals surface area contributed by atoms with Gasteiger partial charge in [0.05, 0.1) is 19.1 Å². The topological polar surface area (TPSA) is 72.3 Å². The van der Waals surface area contributed by atoms with Crippen LogP contribution in [0.25, 0.3) is 0 Å². The number of aromatic nitrogens is 2. The number of aliphatic hydroxyl groups excluding tert-OH is 1. The third-order valence-electron chi connectivity index (χ3n) is 1.65. The zero-order valence-electron chi connectivity index (χ0n) is 9.00. The minimum Gasteiger partial charge on any atom is -0.466 e. The predicted molar refractivity (Wildman–Crippen MR) is 60.0 cm³/mol. The molecule has 0 saturated heterocycles. The predicted octanol–water partition coefficient (Wildman–Crippen LogP) is 0.883. The number of ether oxygens (including phenoxy) is 1. The lowest BCUT2D eigenvalue weighted by molar-refractivity contribution is -0.144. The van der Waals surface area contributed by atoms with Gasteiger partial charge in [-0.15, -0.1) is 0 Å². The average molecular weight is 242 g/mol. The fourth-order valence-corrected chi connectivity index (χ4v) is 1.73. The smallest absolute Gasteiger partial charge is 0.308 e. The Hall–Kier alpha value is -1.14.